The maximum Gasteiger partial charge on any atom is 0.241 e. The first kappa shape index (κ1) is 15.0. The standard InChI is InChI=1S/C13H18N4O2.ClH/c1-14-10-4-2-6-17(8-10)9-12-15-13(16-19-12)11-5-3-7-18-11;/h3,5,7,10,14H,2,4,6,8-9H2,1H3;1H. The number of likely N-dealkylation sites (N-methyl/N-ethyl adjacent to an activating group) is 1. The second-order valence-electron chi connectivity index (χ2n) is 4.85. The Morgan fingerprint density at radius 1 is 1.50 bits per heavy atom. The highest BCUT2D eigenvalue weighted by Gasteiger charge is 2.20. The van der Waals surface area contributed by atoms with Gasteiger partial charge < -0.3 is 14.3 Å². The number of furan rings is 1. The number of likely N-dealkylation sites (tertiary alicyclic amines) is 1. The molecule has 0 aliphatic carbocycles. The molecule has 1 aliphatic rings. The summed E-state index contributed by atoms with van der Waals surface area (Å²) < 4.78 is 10.5. The maximum atomic E-state index is 5.28. The van der Waals surface area contributed by atoms with Gasteiger partial charge in [-0.05, 0) is 38.6 Å². The summed E-state index contributed by atoms with van der Waals surface area (Å²) in [7, 11) is 2.01. The molecule has 2 aromatic heterocycles. The average molecular weight is 299 g/mol. The van der Waals surface area contributed by atoms with Gasteiger partial charge in [0, 0.05) is 12.6 Å². The van der Waals surface area contributed by atoms with Crippen molar-refractivity contribution < 1.29 is 8.94 Å². The molecule has 20 heavy (non-hydrogen) atoms. The van der Waals surface area contributed by atoms with Crippen LogP contribution in [0.5, 0.6) is 0 Å². The maximum absolute atomic E-state index is 5.28. The van der Waals surface area contributed by atoms with Crippen LogP contribution < -0.4 is 5.32 Å². The molecule has 0 saturated carbocycles. The first-order chi connectivity index (χ1) is 9.35. The van der Waals surface area contributed by atoms with E-state index in [9.17, 15) is 0 Å². The van der Waals surface area contributed by atoms with E-state index in [1.165, 1.54) is 12.8 Å². The summed E-state index contributed by atoms with van der Waals surface area (Å²) in [4.78, 5) is 6.70. The van der Waals surface area contributed by atoms with E-state index in [2.05, 4.69) is 20.4 Å². The van der Waals surface area contributed by atoms with Crippen LogP contribution in [-0.4, -0.2) is 41.2 Å². The number of nitrogens with one attached hydrogen (secondary N) is 1. The van der Waals surface area contributed by atoms with Crippen LogP contribution in [0, 0.1) is 0 Å². The van der Waals surface area contributed by atoms with Gasteiger partial charge in [0.05, 0.1) is 12.8 Å². The van der Waals surface area contributed by atoms with Crippen molar-refractivity contribution in [3.63, 3.8) is 0 Å². The van der Waals surface area contributed by atoms with Gasteiger partial charge in [-0.3, -0.25) is 4.90 Å². The monoisotopic (exact) mass is 298 g/mol. The molecule has 0 bridgehead atoms. The summed E-state index contributed by atoms with van der Waals surface area (Å²) in [5.74, 6) is 1.80. The second kappa shape index (κ2) is 6.88. The smallest absolute Gasteiger partial charge is 0.241 e. The summed E-state index contributed by atoms with van der Waals surface area (Å²) in [5, 5.41) is 7.27. The lowest BCUT2D eigenvalue weighted by atomic mass is 10.1. The Bertz CT molecular complexity index is 514. The van der Waals surface area contributed by atoms with Crippen LogP contribution in [0.3, 0.4) is 0 Å². The molecular weight excluding hydrogens is 280 g/mol. The van der Waals surface area contributed by atoms with Gasteiger partial charge >= 0.3 is 0 Å². The van der Waals surface area contributed by atoms with Crippen LogP contribution in [0.25, 0.3) is 11.6 Å². The first-order valence-electron chi connectivity index (χ1n) is 6.61. The van der Waals surface area contributed by atoms with Crippen LogP contribution in [0.4, 0.5) is 0 Å². The number of rotatable bonds is 4. The zero-order chi connectivity index (χ0) is 13.1. The predicted molar refractivity (Wildman–Crippen MR) is 76.6 cm³/mol. The van der Waals surface area contributed by atoms with Gasteiger partial charge in [-0.2, -0.15) is 4.98 Å². The molecule has 3 heterocycles. The van der Waals surface area contributed by atoms with Crippen LogP contribution in [0.1, 0.15) is 18.7 Å². The third kappa shape index (κ3) is 3.39. The van der Waals surface area contributed by atoms with Crippen LogP contribution in [-0.2, 0) is 6.54 Å². The van der Waals surface area contributed by atoms with Crippen molar-refractivity contribution in [3.05, 3.63) is 24.3 Å². The van der Waals surface area contributed by atoms with Crippen molar-refractivity contribution in [1.29, 1.82) is 0 Å². The van der Waals surface area contributed by atoms with Gasteiger partial charge in [-0.15, -0.1) is 12.4 Å². The minimum atomic E-state index is 0. The van der Waals surface area contributed by atoms with Crippen LogP contribution in [0.2, 0.25) is 0 Å². The topological polar surface area (TPSA) is 67.3 Å². The molecular formula is C13H19ClN4O2. The second-order valence-corrected chi connectivity index (χ2v) is 4.85. The van der Waals surface area contributed by atoms with E-state index in [-0.39, 0.29) is 12.4 Å². The zero-order valence-corrected chi connectivity index (χ0v) is 12.2. The van der Waals surface area contributed by atoms with Gasteiger partial charge in [0.25, 0.3) is 0 Å². The van der Waals surface area contributed by atoms with E-state index in [1.54, 1.807) is 6.26 Å². The highest BCUT2D eigenvalue weighted by atomic mass is 35.5. The Hall–Kier alpha value is -1.37. The van der Waals surface area contributed by atoms with E-state index >= 15 is 0 Å². The molecule has 3 rings (SSSR count). The highest BCUT2D eigenvalue weighted by Crippen LogP contribution is 2.17. The van der Waals surface area contributed by atoms with E-state index in [4.69, 9.17) is 8.94 Å². The Balaban J connectivity index is 0.00000147. The minimum Gasteiger partial charge on any atom is -0.461 e. The molecule has 110 valence electrons. The molecule has 1 aliphatic heterocycles. The number of aromatic nitrogens is 2. The molecule has 7 heteroatoms. The average Bonchev–Trinajstić information content (AvgIpc) is 3.09. The lowest BCUT2D eigenvalue weighted by Crippen LogP contribution is -2.43. The molecule has 0 radical (unpaired) electrons. The van der Waals surface area contributed by atoms with Crippen molar-refractivity contribution in [2.75, 3.05) is 20.1 Å². The van der Waals surface area contributed by atoms with Crippen molar-refractivity contribution in [2.24, 2.45) is 0 Å². The van der Waals surface area contributed by atoms with Crippen molar-refractivity contribution >= 4 is 12.4 Å². The molecule has 0 aromatic carbocycles. The SMILES string of the molecule is CNC1CCCN(Cc2nc(-c3ccco3)no2)C1.Cl. The Kier molecular flexibility index (Phi) is 5.17. The molecule has 0 amide bonds. The molecule has 1 N–H and O–H groups in total. The summed E-state index contributed by atoms with van der Waals surface area (Å²) in [6.07, 6.45) is 4.03. The molecule has 0 spiro atoms. The number of nitrogens with zero attached hydrogens (tertiary/aromatic N) is 3. The third-order valence-electron chi connectivity index (χ3n) is 3.48. The fourth-order valence-corrected chi connectivity index (χ4v) is 2.45. The van der Waals surface area contributed by atoms with E-state index in [0.29, 0.717) is 30.1 Å². The van der Waals surface area contributed by atoms with Crippen LogP contribution >= 0.6 is 12.4 Å². The number of hydrogen-bond donors (Lipinski definition) is 1. The van der Waals surface area contributed by atoms with Crippen molar-refractivity contribution in [2.45, 2.75) is 25.4 Å². The minimum absolute atomic E-state index is 0. The Morgan fingerprint density at radius 3 is 3.15 bits per heavy atom. The van der Waals surface area contributed by atoms with E-state index in [1.807, 2.05) is 19.2 Å². The summed E-state index contributed by atoms with van der Waals surface area (Å²) in [5.41, 5.74) is 0. The third-order valence-corrected chi connectivity index (χ3v) is 3.48. The number of piperidine rings is 1. The fourth-order valence-electron chi connectivity index (χ4n) is 2.45. The predicted octanol–water partition coefficient (Wildman–Crippen LogP) is 1.94. The van der Waals surface area contributed by atoms with Crippen LogP contribution in [0.15, 0.2) is 27.3 Å². The number of halogens is 1. The molecule has 1 saturated heterocycles. The molecule has 1 unspecified atom stereocenters. The van der Waals surface area contributed by atoms with Gasteiger partial charge in [0.2, 0.25) is 11.7 Å². The molecule has 6 nitrogen and oxygen atoms in total. The molecule has 1 fully saturated rings. The van der Waals surface area contributed by atoms with E-state index < -0.39 is 0 Å². The lowest BCUT2D eigenvalue weighted by molar-refractivity contribution is 0.167. The van der Waals surface area contributed by atoms with Gasteiger partial charge in [0.1, 0.15) is 0 Å². The fraction of sp³-hybridized carbons (Fsp3) is 0.538. The summed E-state index contributed by atoms with van der Waals surface area (Å²) in [6.45, 7) is 2.80. The number of hydrogen-bond acceptors (Lipinski definition) is 6. The van der Waals surface area contributed by atoms with Crippen molar-refractivity contribution in [1.82, 2.24) is 20.4 Å². The Morgan fingerprint density at radius 2 is 2.40 bits per heavy atom. The normalized spacial score (nSPS) is 19.8. The largest absolute Gasteiger partial charge is 0.461 e. The van der Waals surface area contributed by atoms with Gasteiger partial charge in [-0.25, -0.2) is 0 Å². The Labute approximate surface area is 123 Å². The van der Waals surface area contributed by atoms with Gasteiger partial charge in [0.15, 0.2) is 5.76 Å². The molecule has 1 atom stereocenters. The summed E-state index contributed by atoms with van der Waals surface area (Å²) >= 11 is 0. The zero-order valence-electron chi connectivity index (χ0n) is 11.4. The van der Waals surface area contributed by atoms with E-state index in [0.717, 1.165) is 13.1 Å². The lowest BCUT2D eigenvalue weighted by Gasteiger charge is -2.31. The van der Waals surface area contributed by atoms with Gasteiger partial charge in [-0.1, -0.05) is 5.16 Å². The quantitative estimate of drug-likeness (QED) is 0.930. The first-order valence-corrected chi connectivity index (χ1v) is 6.61. The molecule has 2 aromatic rings. The highest BCUT2D eigenvalue weighted by molar-refractivity contribution is 5.85. The van der Waals surface area contributed by atoms with Crippen molar-refractivity contribution in [3.8, 4) is 11.6 Å². The summed E-state index contributed by atoms with van der Waals surface area (Å²) in [6, 6.07) is 4.20.